The normalized spacial score (nSPS) is 19.7. The molecule has 1 N–H and O–H groups in total. The number of rotatable bonds is 2. The Morgan fingerprint density at radius 2 is 2.67 bits per heavy atom. The van der Waals surface area contributed by atoms with Crippen molar-refractivity contribution in [3.8, 4) is 0 Å². The van der Waals surface area contributed by atoms with Crippen LogP contribution in [0, 0.1) is 0 Å². The zero-order valence-electron chi connectivity index (χ0n) is 8.36. The SMILES string of the molecule is CCOC(=O)C1NCCn2ncc(Br)c21. The molecule has 2 heterocycles. The van der Waals surface area contributed by atoms with Gasteiger partial charge in [-0.05, 0) is 22.9 Å². The van der Waals surface area contributed by atoms with E-state index >= 15 is 0 Å². The molecule has 0 aromatic carbocycles. The summed E-state index contributed by atoms with van der Waals surface area (Å²) in [4.78, 5) is 11.7. The van der Waals surface area contributed by atoms with Gasteiger partial charge < -0.3 is 4.74 Å². The maximum Gasteiger partial charge on any atom is 0.329 e. The Morgan fingerprint density at radius 1 is 1.87 bits per heavy atom. The van der Waals surface area contributed by atoms with Crippen molar-refractivity contribution in [2.75, 3.05) is 13.2 Å². The van der Waals surface area contributed by atoms with Crippen molar-refractivity contribution >= 4 is 21.9 Å². The van der Waals surface area contributed by atoms with E-state index in [9.17, 15) is 4.79 Å². The fourth-order valence-electron chi connectivity index (χ4n) is 1.67. The second-order valence-electron chi connectivity index (χ2n) is 3.24. The lowest BCUT2D eigenvalue weighted by Gasteiger charge is -2.23. The number of esters is 1. The molecular weight excluding hydrogens is 262 g/mol. The summed E-state index contributed by atoms with van der Waals surface area (Å²) in [6.07, 6.45) is 1.70. The van der Waals surface area contributed by atoms with E-state index in [2.05, 4.69) is 26.3 Å². The van der Waals surface area contributed by atoms with Gasteiger partial charge in [-0.2, -0.15) is 5.10 Å². The van der Waals surface area contributed by atoms with Crippen LogP contribution in [0.2, 0.25) is 0 Å². The Hall–Kier alpha value is -0.880. The average molecular weight is 274 g/mol. The molecule has 15 heavy (non-hydrogen) atoms. The zero-order valence-corrected chi connectivity index (χ0v) is 9.95. The van der Waals surface area contributed by atoms with Crippen LogP contribution in [0.15, 0.2) is 10.7 Å². The minimum atomic E-state index is -0.407. The summed E-state index contributed by atoms with van der Waals surface area (Å²) in [6, 6.07) is -0.407. The molecule has 1 aromatic rings. The third kappa shape index (κ3) is 1.91. The molecule has 0 aliphatic carbocycles. The lowest BCUT2D eigenvalue weighted by Crippen LogP contribution is -2.39. The number of hydrogen-bond acceptors (Lipinski definition) is 4. The molecular formula is C9H12BrN3O2. The first-order valence-corrected chi connectivity index (χ1v) is 5.64. The summed E-state index contributed by atoms with van der Waals surface area (Å²) in [6.45, 7) is 3.69. The summed E-state index contributed by atoms with van der Waals surface area (Å²) in [7, 11) is 0. The molecule has 0 radical (unpaired) electrons. The minimum Gasteiger partial charge on any atom is -0.465 e. The van der Waals surface area contributed by atoms with E-state index in [1.165, 1.54) is 0 Å². The highest BCUT2D eigenvalue weighted by molar-refractivity contribution is 9.10. The van der Waals surface area contributed by atoms with Crippen LogP contribution in [0.3, 0.4) is 0 Å². The largest absolute Gasteiger partial charge is 0.465 e. The molecule has 0 spiro atoms. The molecule has 1 aliphatic heterocycles. The quantitative estimate of drug-likeness (QED) is 0.812. The number of halogens is 1. The number of hydrogen-bond donors (Lipinski definition) is 1. The highest BCUT2D eigenvalue weighted by Gasteiger charge is 2.30. The van der Waals surface area contributed by atoms with Gasteiger partial charge in [0.2, 0.25) is 0 Å². The van der Waals surface area contributed by atoms with Gasteiger partial charge in [0.05, 0.1) is 29.5 Å². The standard InChI is InChI=1S/C9H12BrN3O2/c1-2-15-9(14)7-8-6(10)5-12-13(8)4-3-11-7/h5,7,11H,2-4H2,1H3. The lowest BCUT2D eigenvalue weighted by atomic mass is 10.2. The van der Waals surface area contributed by atoms with Crippen molar-refractivity contribution in [3.63, 3.8) is 0 Å². The first kappa shape index (κ1) is 10.6. The Kier molecular flexibility index (Phi) is 3.06. The van der Waals surface area contributed by atoms with Crippen molar-refractivity contribution in [3.05, 3.63) is 16.4 Å². The van der Waals surface area contributed by atoms with E-state index in [1.54, 1.807) is 13.1 Å². The van der Waals surface area contributed by atoms with Gasteiger partial charge in [0.15, 0.2) is 0 Å². The summed E-state index contributed by atoms with van der Waals surface area (Å²) in [5.41, 5.74) is 0.847. The van der Waals surface area contributed by atoms with Crippen molar-refractivity contribution in [1.82, 2.24) is 15.1 Å². The number of ether oxygens (including phenoxy) is 1. The van der Waals surface area contributed by atoms with Crippen LogP contribution in [-0.4, -0.2) is 28.9 Å². The van der Waals surface area contributed by atoms with Gasteiger partial charge >= 0.3 is 5.97 Å². The van der Waals surface area contributed by atoms with Crippen LogP contribution in [-0.2, 0) is 16.1 Å². The Morgan fingerprint density at radius 3 is 3.40 bits per heavy atom. The number of fused-ring (bicyclic) bond motifs is 1. The van der Waals surface area contributed by atoms with Crippen molar-refractivity contribution in [2.24, 2.45) is 0 Å². The number of nitrogens with one attached hydrogen (secondary N) is 1. The molecule has 6 heteroatoms. The fourth-order valence-corrected chi connectivity index (χ4v) is 2.19. The van der Waals surface area contributed by atoms with Gasteiger partial charge in [0.1, 0.15) is 6.04 Å². The minimum absolute atomic E-state index is 0.250. The molecule has 82 valence electrons. The molecule has 1 aromatic heterocycles. The van der Waals surface area contributed by atoms with Crippen molar-refractivity contribution in [2.45, 2.75) is 19.5 Å². The molecule has 5 nitrogen and oxygen atoms in total. The second-order valence-corrected chi connectivity index (χ2v) is 4.09. The van der Waals surface area contributed by atoms with E-state index in [-0.39, 0.29) is 5.97 Å². The van der Waals surface area contributed by atoms with Gasteiger partial charge in [0, 0.05) is 6.54 Å². The first-order valence-electron chi connectivity index (χ1n) is 4.85. The van der Waals surface area contributed by atoms with Crippen LogP contribution < -0.4 is 5.32 Å². The fraction of sp³-hybridized carbons (Fsp3) is 0.556. The topological polar surface area (TPSA) is 56.1 Å². The van der Waals surface area contributed by atoms with Crippen molar-refractivity contribution in [1.29, 1.82) is 0 Å². The van der Waals surface area contributed by atoms with Crippen LogP contribution >= 0.6 is 15.9 Å². The van der Waals surface area contributed by atoms with Crippen LogP contribution in [0.4, 0.5) is 0 Å². The van der Waals surface area contributed by atoms with Crippen molar-refractivity contribution < 1.29 is 9.53 Å². The predicted molar refractivity (Wildman–Crippen MR) is 57.3 cm³/mol. The molecule has 1 atom stereocenters. The Balaban J connectivity index is 2.28. The van der Waals surface area contributed by atoms with Gasteiger partial charge in [-0.1, -0.05) is 0 Å². The lowest BCUT2D eigenvalue weighted by molar-refractivity contribution is -0.146. The first-order chi connectivity index (χ1) is 7.24. The molecule has 0 saturated carbocycles. The van der Waals surface area contributed by atoms with Gasteiger partial charge in [-0.25, -0.2) is 4.79 Å². The van der Waals surface area contributed by atoms with E-state index in [0.29, 0.717) is 6.61 Å². The Labute approximate surface area is 95.9 Å². The smallest absolute Gasteiger partial charge is 0.329 e. The molecule has 0 fully saturated rings. The third-order valence-corrected chi connectivity index (χ3v) is 2.91. The summed E-state index contributed by atoms with van der Waals surface area (Å²) in [5.74, 6) is -0.250. The second kappa shape index (κ2) is 4.32. The number of carbonyl (C=O) groups excluding carboxylic acids is 1. The highest BCUT2D eigenvalue weighted by atomic mass is 79.9. The van der Waals surface area contributed by atoms with Crippen LogP contribution in [0.5, 0.6) is 0 Å². The van der Waals surface area contributed by atoms with Gasteiger partial charge in [0.25, 0.3) is 0 Å². The zero-order chi connectivity index (χ0) is 10.8. The molecule has 0 amide bonds. The summed E-state index contributed by atoms with van der Waals surface area (Å²) < 4.78 is 7.66. The summed E-state index contributed by atoms with van der Waals surface area (Å²) >= 11 is 3.38. The maximum absolute atomic E-state index is 11.7. The molecule has 0 saturated heterocycles. The predicted octanol–water partition coefficient (Wildman–Crippen LogP) is 0.853. The number of carbonyl (C=O) groups is 1. The van der Waals surface area contributed by atoms with Gasteiger partial charge in [-0.3, -0.25) is 10.00 Å². The highest BCUT2D eigenvalue weighted by Crippen LogP contribution is 2.26. The number of aromatic nitrogens is 2. The maximum atomic E-state index is 11.7. The third-order valence-electron chi connectivity index (χ3n) is 2.30. The van der Waals surface area contributed by atoms with E-state index < -0.39 is 6.04 Å². The number of nitrogens with zero attached hydrogens (tertiary/aromatic N) is 2. The molecule has 1 unspecified atom stereocenters. The van der Waals surface area contributed by atoms with Crippen LogP contribution in [0.1, 0.15) is 18.7 Å². The Bertz CT molecular complexity index is 377. The van der Waals surface area contributed by atoms with E-state index in [0.717, 1.165) is 23.3 Å². The monoisotopic (exact) mass is 273 g/mol. The molecule has 0 bridgehead atoms. The molecule has 1 aliphatic rings. The van der Waals surface area contributed by atoms with Crippen LogP contribution in [0.25, 0.3) is 0 Å². The molecule has 2 rings (SSSR count). The average Bonchev–Trinajstić information content (AvgIpc) is 2.61. The van der Waals surface area contributed by atoms with E-state index in [4.69, 9.17) is 4.74 Å². The summed E-state index contributed by atoms with van der Waals surface area (Å²) in [5, 5.41) is 7.29. The van der Waals surface area contributed by atoms with Gasteiger partial charge in [-0.15, -0.1) is 0 Å². The van der Waals surface area contributed by atoms with E-state index in [1.807, 2.05) is 4.68 Å².